The molecule has 0 bridgehead atoms. The molecule has 0 aliphatic heterocycles. The van der Waals surface area contributed by atoms with Crippen molar-refractivity contribution >= 4 is 27.8 Å². The molecule has 0 N–H and O–H groups in total. The summed E-state index contributed by atoms with van der Waals surface area (Å²) in [4.78, 5) is 2.46. The Morgan fingerprint density at radius 3 is 1.42 bits per heavy atom. The number of fused-ring (bicyclic) bond motifs is 7. The van der Waals surface area contributed by atoms with E-state index in [9.17, 15) is 0 Å². The predicted octanol–water partition coefficient (Wildman–Crippen LogP) is 17.6. The Morgan fingerprint density at radius 1 is 0.262 bits per heavy atom. The van der Waals surface area contributed by atoms with E-state index in [0.29, 0.717) is 0 Å². The number of para-hydroxylation sites is 1. The highest BCUT2D eigenvalue weighted by Crippen LogP contribution is 2.53. The molecule has 65 heavy (non-hydrogen) atoms. The Bertz CT molecular complexity index is 3460. The Morgan fingerprint density at radius 2 is 0.692 bits per heavy atom. The molecule has 2 aliphatic rings. The predicted molar refractivity (Wildman–Crippen MR) is 276 cm³/mol. The zero-order valence-electron chi connectivity index (χ0n) is 37.3. The summed E-state index contributed by atoms with van der Waals surface area (Å²) in [6.45, 7) is 9.50. The summed E-state index contributed by atoms with van der Waals surface area (Å²) in [6, 6.07) is 83.3. The van der Waals surface area contributed by atoms with Gasteiger partial charge in [0.1, 0.15) is 0 Å². The molecule has 0 radical (unpaired) electrons. The molecule has 1 heteroatoms. The lowest BCUT2D eigenvalue weighted by molar-refractivity contribution is 0.660. The summed E-state index contributed by atoms with van der Waals surface area (Å²) in [7, 11) is 0. The highest BCUT2D eigenvalue weighted by Gasteiger charge is 2.37. The molecule has 0 amide bonds. The van der Waals surface area contributed by atoms with Gasteiger partial charge in [0.25, 0.3) is 0 Å². The van der Waals surface area contributed by atoms with Gasteiger partial charge in [0.05, 0.1) is 5.69 Å². The average molecular weight is 832 g/mol. The zero-order valence-corrected chi connectivity index (χ0v) is 37.3. The van der Waals surface area contributed by atoms with Crippen LogP contribution in [0.3, 0.4) is 0 Å². The Hall–Kier alpha value is -7.74. The minimum Gasteiger partial charge on any atom is -0.310 e. The van der Waals surface area contributed by atoms with E-state index in [-0.39, 0.29) is 10.8 Å². The van der Waals surface area contributed by atoms with Gasteiger partial charge in [-0.1, -0.05) is 204 Å². The third kappa shape index (κ3) is 6.37. The van der Waals surface area contributed by atoms with Gasteiger partial charge >= 0.3 is 0 Å². The van der Waals surface area contributed by atoms with E-state index in [1.54, 1.807) is 0 Å². The van der Waals surface area contributed by atoms with Crippen LogP contribution >= 0.6 is 0 Å². The van der Waals surface area contributed by atoms with Gasteiger partial charge in [0, 0.05) is 27.8 Å². The zero-order chi connectivity index (χ0) is 43.9. The number of hydrogen-bond acceptors (Lipinski definition) is 1. The smallest absolute Gasteiger partial charge is 0.0540 e. The number of hydrogen-bond donors (Lipinski definition) is 0. The SMILES string of the molecule is CC1(C)c2ccccc2-c2ccc(-c3ccc(N(c4ccc5c(c4)C(C)(C)c4cc(-c6ccc7ccccc7c6)ccc4-5)c4ccccc4-c4ccc(-c5ccccc5)cc4)cc3)cc21. The van der Waals surface area contributed by atoms with E-state index in [1.807, 2.05) is 0 Å². The maximum atomic E-state index is 2.46. The molecule has 0 aromatic heterocycles. The highest BCUT2D eigenvalue weighted by molar-refractivity contribution is 5.93. The molecule has 0 saturated carbocycles. The van der Waals surface area contributed by atoms with Crippen LogP contribution in [0.15, 0.2) is 224 Å². The highest BCUT2D eigenvalue weighted by atomic mass is 15.1. The molecule has 12 rings (SSSR count). The standard InChI is InChI=1S/C64H49N/c1-63(2)58-20-12-10-19-54(58)55-35-30-49(39-59(55)63)45-28-32-51(33-29-45)65(62-21-13-11-18-53(62)46-25-22-44(23-26-46)42-14-6-5-7-15-42)52-34-37-57-56-36-31-50(40-60(56)64(3,4)61(57)41-52)48-27-24-43-16-8-9-17-47(43)38-48/h5-41H,1-4H3. The Labute approximate surface area is 383 Å². The van der Waals surface area contributed by atoms with Crippen LogP contribution < -0.4 is 4.90 Å². The largest absolute Gasteiger partial charge is 0.310 e. The fourth-order valence-electron chi connectivity index (χ4n) is 10.9. The van der Waals surface area contributed by atoms with Gasteiger partial charge in [-0.05, 0) is 143 Å². The van der Waals surface area contributed by atoms with E-state index in [4.69, 9.17) is 0 Å². The molecule has 0 unspecified atom stereocenters. The summed E-state index contributed by atoms with van der Waals surface area (Å²) in [5.74, 6) is 0. The van der Waals surface area contributed by atoms with Crippen molar-refractivity contribution in [3.05, 3.63) is 247 Å². The normalized spacial score (nSPS) is 13.8. The van der Waals surface area contributed by atoms with E-state index < -0.39 is 0 Å². The lowest BCUT2D eigenvalue weighted by atomic mass is 9.81. The van der Waals surface area contributed by atoms with Crippen LogP contribution in [-0.4, -0.2) is 0 Å². The first kappa shape index (κ1) is 38.9. The third-order valence-electron chi connectivity index (χ3n) is 14.5. The van der Waals surface area contributed by atoms with Crippen LogP contribution in [0.4, 0.5) is 17.1 Å². The first-order valence-corrected chi connectivity index (χ1v) is 22.9. The minimum atomic E-state index is -0.211. The van der Waals surface area contributed by atoms with Crippen LogP contribution in [0.2, 0.25) is 0 Å². The van der Waals surface area contributed by atoms with Crippen molar-refractivity contribution in [1.82, 2.24) is 0 Å². The average Bonchev–Trinajstić information content (AvgIpc) is 3.73. The summed E-state index contributed by atoms with van der Waals surface area (Å²) in [6.07, 6.45) is 0. The van der Waals surface area contributed by atoms with Crippen molar-refractivity contribution in [3.8, 4) is 66.8 Å². The Balaban J connectivity index is 0.958. The van der Waals surface area contributed by atoms with E-state index in [0.717, 1.165) is 17.1 Å². The van der Waals surface area contributed by atoms with Crippen molar-refractivity contribution in [2.75, 3.05) is 4.90 Å². The quantitative estimate of drug-likeness (QED) is 0.155. The molecule has 0 fully saturated rings. The number of anilines is 3. The number of benzene rings is 10. The topological polar surface area (TPSA) is 3.24 Å². The van der Waals surface area contributed by atoms with Gasteiger partial charge in [0.15, 0.2) is 0 Å². The van der Waals surface area contributed by atoms with Gasteiger partial charge in [-0.15, -0.1) is 0 Å². The van der Waals surface area contributed by atoms with Crippen LogP contribution in [0.25, 0.3) is 77.5 Å². The number of rotatable bonds is 7. The van der Waals surface area contributed by atoms with Crippen LogP contribution in [0.1, 0.15) is 49.9 Å². The fourth-order valence-corrected chi connectivity index (χ4v) is 10.9. The van der Waals surface area contributed by atoms with Crippen LogP contribution in [0, 0.1) is 0 Å². The maximum absolute atomic E-state index is 2.46. The summed E-state index contributed by atoms with van der Waals surface area (Å²) >= 11 is 0. The van der Waals surface area contributed by atoms with E-state index >= 15 is 0 Å². The molecular formula is C64H49N. The molecule has 0 heterocycles. The van der Waals surface area contributed by atoms with Crippen molar-refractivity contribution in [3.63, 3.8) is 0 Å². The molecule has 1 nitrogen and oxygen atoms in total. The first-order valence-electron chi connectivity index (χ1n) is 22.9. The molecule has 0 atom stereocenters. The van der Waals surface area contributed by atoms with Crippen molar-refractivity contribution in [1.29, 1.82) is 0 Å². The second-order valence-corrected chi connectivity index (χ2v) is 19.0. The van der Waals surface area contributed by atoms with Crippen LogP contribution in [0.5, 0.6) is 0 Å². The molecule has 10 aromatic rings. The molecule has 0 spiro atoms. The second-order valence-electron chi connectivity index (χ2n) is 19.0. The van der Waals surface area contributed by atoms with Gasteiger partial charge in [-0.25, -0.2) is 0 Å². The van der Waals surface area contributed by atoms with Gasteiger partial charge in [-0.3, -0.25) is 0 Å². The van der Waals surface area contributed by atoms with Gasteiger partial charge in [-0.2, -0.15) is 0 Å². The lowest BCUT2D eigenvalue weighted by Gasteiger charge is -2.30. The van der Waals surface area contributed by atoms with Crippen molar-refractivity contribution in [2.45, 2.75) is 38.5 Å². The molecule has 0 saturated heterocycles. The first-order chi connectivity index (χ1) is 31.7. The second kappa shape index (κ2) is 14.9. The van der Waals surface area contributed by atoms with Crippen molar-refractivity contribution in [2.24, 2.45) is 0 Å². The molecular weight excluding hydrogens is 783 g/mol. The minimum absolute atomic E-state index is 0.0549. The lowest BCUT2D eigenvalue weighted by Crippen LogP contribution is -2.17. The van der Waals surface area contributed by atoms with Crippen LogP contribution in [-0.2, 0) is 10.8 Å². The molecule has 310 valence electrons. The summed E-state index contributed by atoms with van der Waals surface area (Å²) in [5, 5.41) is 2.53. The third-order valence-corrected chi connectivity index (χ3v) is 14.5. The van der Waals surface area contributed by atoms with E-state index in [2.05, 4.69) is 257 Å². The summed E-state index contributed by atoms with van der Waals surface area (Å²) in [5.41, 5.74) is 23.7. The fraction of sp³-hybridized carbons (Fsp3) is 0.0938. The maximum Gasteiger partial charge on any atom is 0.0540 e. The Kier molecular flexibility index (Phi) is 8.94. The monoisotopic (exact) mass is 831 g/mol. The van der Waals surface area contributed by atoms with E-state index in [1.165, 1.54) is 99.8 Å². The van der Waals surface area contributed by atoms with Crippen molar-refractivity contribution < 1.29 is 0 Å². The van der Waals surface area contributed by atoms with Gasteiger partial charge in [0.2, 0.25) is 0 Å². The number of nitrogens with zero attached hydrogens (tertiary/aromatic N) is 1. The van der Waals surface area contributed by atoms with Gasteiger partial charge < -0.3 is 4.90 Å². The summed E-state index contributed by atoms with van der Waals surface area (Å²) < 4.78 is 0. The molecule has 10 aromatic carbocycles. The molecule has 2 aliphatic carbocycles.